The third-order valence-corrected chi connectivity index (χ3v) is 6.32. The van der Waals surface area contributed by atoms with Crippen LogP contribution < -0.4 is 0 Å². The smallest absolute Gasteiger partial charge is 0.227 e. The topological polar surface area (TPSA) is 43.9 Å². The van der Waals surface area contributed by atoms with E-state index in [2.05, 4.69) is 94.5 Å². The molecule has 33 heavy (non-hydrogen) atoms. The van der Waals surface area contributed by atoms with Gasteiger partial charge in [-0.2, -0.15) is 0 Å². The van der Waals surface area contributed by atoms with Gasteiger partial charge < -0.3 is 8.98 Å². The van der Waals surface area contributed by atoms with Crippen LogP contribution >= 0.6 is 0 Å². The van der Waals surface area contributed by atoms with Crippen molar-refractivity contribution in [3.05, 3.63) is 109 Å². The number of hydrogen-bond donors (Lipinski definition) is 0. The Bertz CT molecular complexity index is 1790. The highest BCUT2D eigenvalue weighted by atomic mass is 16.3. The van der Waals surface area contributed by atoms with Crippen LogP contribution in [0.25, 0.3) is 55.3 Å². The third-order valence-electron chi connectivity index (χ3n) is 6.32. The van der Waals surface area contributed by atoms with Crippen LogP contribution in [0.3, 0.4) is 0 Å². The van der Waals surface area contributed by atoms with E-state index < -0.39 is 0 Å². The van der Waals surface area contributed by atoms with E-state index >= 15 is 0 Å². The first-order valence-electron chi connectivity index (χ1n) is 11.0. The van der Waals surface area contributed by atoms with Gasteiger partial charge in [0.2, 0.25) is 5.71 Å². The molecule has 3 heterocycles. The summed E-state index contributed by atoms with van der Waals surface area (Å²) in [6.45, 7) is 0.722. The zero-order valence-corrected chi connectivity index (χ0v) is 17.8. The van der Waals surface area contributed by atoms with Crippen LogP contribution in [0.1, 0.15) is 5.56 Å². The van der Waals surface area contributed by atoms with E-state index in [0.717, 1.165) is 45.3 Å². The summed E-state index contributed by atoms with van der Waals surface area (Å²) in [5.41, 5.74) is 5.76. The molecule has 7 aromatic rings. The fourth-order valence-corrected chi connectivity index (χ4v) is 4.75. The van der Waals surface area contributed by atoms with Crippen LogP contribution in [0.2, 0.25) is 0 Å². The molecule has 0 saturated heterocycles. The minimum absolute atomic E-state index is 0.649. The first kappa shape index (κ1) is 18.2. The largest absolute Gasteiger partial charge is 0.437 e. The van der Waals surface area contributed by atoms with Gasteiger partial charge in [0, 0.05) is 23.5 Å². The van der Waals surface area contributed by atoms with Crippen molar-refractivity contribution >= 4 is 43.9 Å². The van der Waals surface area contributed by atoms with Crippen LogP contribution in [-0.2, 0) is 6.54 Å². The second kappa shape index (κ2) is 7.04. The predicted molar refractivity (Wildman–Crippen MR) is 133 cm³/mol. The van der Waals surface area contributed by atoms with Gasteiger partial charge in [0.05, 0.1) is 16.6 Å². The monoisotopic (exact) mass is 425 g/mol. The molecule has 0 saturated carbocycles. The fraction of sp³-hybridized carbons (Fsp3) is 0.0345. The highest BCUT2D eigenvalue weighted by Gasteiger charge is 2.19. The number of aromatic nitrogens is 3. The standard InChI is InChI=1S/C29H19N3O/c1-2-8-19(9-3-1)18-32-26-17-21-11-5-4-10-20(21)16-25(26)31-28(32)24-13-6-12-22-23-14-7-15-30-29(23)33-27(22)24/h1-17H,18H2. The Morgan fingerprint density at radius 2 is 1.52 bits per heavy atom. The minimum atomic E-state index is 0.649. The van der Waals surface area contributed by atoms with Gasteiger partial charge in [0.15, 0.2) is 0 Å². The molecule has 156 valence electrons. The SMILES string of the molecule is c1ccc(Cn2c(-c3cccc4c3oc3ncccc34)nc3cc4ccccc4cc32)cc1. The lowest BCUT2D eigenvalue weighted by molar-refractivity contribution is 0.654. The number of furan rings is 1. The Morgan fingerprint density at radius 1 is 0.727 bits per heavy atom. The van der Waals surface area contributed by atoms with Crippen molar-refractivity contribution in [2.24, 2.45) is 0 Å². The van der Waals surface area contributed by atoms with Crippen LogP contribution in [0.5, 0.6) is 0 Å². The summed E-state index contributed by atoms with van der Waals surface area (Å²) in [4.78, 5) is 9.56. The molecule has 0 aliphatic heterocycles. The number of benzene rings is 4. The molecule has 0 N–H and O–H groups in total. The first-order valence-corrected chi connectivity index (χ1v) is 11.0. The summed E-state index contributed by atoms with van der Waals surface area (Å²) in [5.74, 6) is 0.897. The van der Waals surface area contributed by atoms with E-state index in [0.29, 0.717) is 5.71 Å². The minimum Gasteiger partial charge on any atom is -0.437 e. The zero-order valence-electron chi connectivity index (χ0n) is 17.8. The van der Waals surface area contributed by atoms with E-state index in [1.54, 1.807) is 6.20 Å². The van der Waals surface area contributed by atoms with Crippen LogP contribution in [-0.4, -0.2) is 14.5 Å². The predicted octanol–water partition coefficient (Wildman–Crippen LogP) is 7.20. The molecular weight excluding hydrogens is 406 g/mol. The number of nitrogens with zero attached hydrogens (tertiary/aromatic N) is 3. The summed E-state index contributed by atoms with van der Waals surface area (Å²) in [6, 6.07) is 33.6. The van der Waals surface area contributed by atoms with E-state index in [9.17, 15) is 0 Å². The zero-order chi connectivity index (χ0) is 21.8. The summed E-state index contributed by atoms with van der Waals surface area (Å²) in [5, 5.41) is 4.47. The van der Waals surface area contributed by atoms with Gasteiger partial charge in [-0.05, 0) is 46.7 Å². The molecule has 4 aromatic carbocycles. The molecular formula is C29H19N3O. The van der Waals surface area contributed by atoms with Crippen molar-refractivity contribution in [2.45, 2.75) is 6.54 Å². The fourth-order valence-electron chi connectivity index (χ4n) is 4.75. The van der Waals surface area contributed by atoms with Crippen molar-refractivity contribution in [2.75, 3.05) is 0 Å². The van der Waals surface area contributed by atoms with Crippen LogP contribution in [0, 0.1) is 0 Å². The highest BCUT2D eigenvalue weighted by Crippen LogP contribution is 2.36. The van der Waals surface area contributed by atoms with E-state index in [4.69, 9.17) is 9.40 Å². The van der Waals surface area contributed by atoms with E-state index in [1.165, 1.54) is 16.3 Å². The average molecular weight is 425 g/mol. The van der Waals surface area contributed by atoms with Crippen LogP contribution in [0.15, 0.2) is 108 Å². The Labute approximate surface area is 189 Å². The van der Waals surface area contributed by atoms with Crippen LogP contribution in [0.4, 0.5) is 0 Å². The normalized spacial score (nSPS) is 11.8. The molecule has 0 aliphatic rings. The maximum Gasteiger partial charge on any atom is 0.227 e. The molecule has 0 spiro atoms. The quantitative estimate of drug-likeness (QED) is 0.301. The summed E-state index contributed by atoms with van der Waals surface area (Å²) < 4.78 is 8.55. The molecule has 3 aromatic heterocycles. The van der Waals surface area contributed by atoms with Gasteiger partial charge in [-0.1, -0.05) is 66.7 Å². The Balaban J connectivity index is 1.55. The van der Waals surface area contributed by atoms with Crippen molar-refractivity contribution in [3.63, 3.8) is 0 Å². The maximum atomic E-state index is 6.25. The summed E-state index contributed by atoms with van der Waals surface area (Å²) in [6.07, 6.45) is 1.76. The lowest BCUT2D eigenvalue weighted by Gasteiger charge is -2.10. The number of para-hydroxylation sites is 1. The number of fused-ring (bicyclic) bond motifs is 5. The van der Waals surface area contributed by atoms with Gasteiger partial charge in [-0.3, -0.25) is 0 Å². The molecule has 0 bridgehead atoms. The Morgan fingerprint density at radius 3 is 2.39 bits per heavy atom. The number of hydrogen-bond acceptors (Lipinski definition) is 3. The molecule has 0 radical (unpaired) electrons. The average Bonchev–Trinajstić information content (AvgIpc) is 3.41. The van der Waals surface area contributed by atoms with E-state index in [1.807, 2.05) is 12.1 Å². The first-order chi connectivity index (χ1) is 16.3. The van der Waals surface area contributed by atoms with E-state index in [-0.39, 0.29) is 0 Å². The van der Waals surface area contributed by atoms with Gasteiger partial charge in [-0.15, -0.1) is 0 Å². The summed E-state index contributed by atoms with van der Waals surface area (Å²) >= 11 is 0. The number of imidazole rings is 1. The summed E-state index contributed by atoms with van der Waals surface area (Å²) in [7, 11) is 0. The molecule has 7 rings (SSSR count). The number of rotatable bonds is 3. The Kier molecular flexibility index (Phi) is 3.87. The molecule has 0 amide bonds. The lowest BCUT2D eigenvalue weighted by Crippen LogP contribution is -2.02. The number of pyridine rings is 1. The molecule has 4 heteroatoms. The second-order valence-corrected chi connectivity index (χ2v) is 8.34. The highest BCUT2D eigenvalue weighted by molar-refractivity contribution is 6.08. The molecule has 0 aliphatic carbocycles. The molecule has 4 nitrogen and oxygen atoms in total. The molecule has 0 unspecified atom stereocenters. The van der Waals surface area contributed by atoms with Gasteiger partial charge in [0.1, 0.15) is 11.4 Å². The van der Waals surface area contributed by atoms with Crippen molar-refractivity contribution in [3.8, 4) is 11.4 Å². The van der Waals surface area contributed by atoms with Crippen molar-refractivity contribution in [1.29, 1.82) is 0 Å². The van der Waals surface area contributed by atoms with Gasteiger partial charge in [-0.25, -0.2) is 9.97 Å². The van der Waals surface area contributed by atoms with Gasteiger partial charge in [0.25, 0.3) is 0 Å². The Hall–Kier alpha value is -4.44. The van der Waals surface area contributed by atoms with Gasteiger partial charge >= 0.3 is 0 Å². The third kappa shape index (κ3) is 2.84. The molecule has 0 fully saturated rings. The molecule has 0 atom stereocenters. The maximum absolute atomic E-state index is 6.25. The second-order valence-electron chi connectivity index (χ2n) is 8.34. The lowest BCUT2D eigenvalue weighted by atomic mass is 10.1. The van der Waals surface area contributed by atoms with Crippen molar-refractivity contribution < 1.29 is 4.42 Å². The van der Waals surface area contributed by atoms with Crippen molar-refractivity contribution in [1.82, 2.24) is 14.5 Å².